The lowest BCUT2D eigenvalue weighted by Crippen LogP contribution is -2.31. The van der Waals surface area contributed by atoms with Gasteiger partial charge in [0.15, 0.2) is 11.6 Å². The van der Waals surface area contributed by atoms with E-state index in [4.69, 9.17) is 0 Å². The van der Waals surface area contributed by atoms with Crippen LogP contribution in [0.3, 0.4) is 0 Å². The molecule has 0 spiro atoms. The molecule has 112 valence electrons. The van der Waals surface area contributed by atoms with Gasteiger partial charge in [0.1, 0.15) is 0 Å². The van der Waals surface area contributed by atoms with Crippen molar-refractivity contribution in [2.24, 2.45) is 11.8 Å². The van der Waals surface area contributed by atoms with Gasteiger partial charge in [-0.1, -0.05) is 20.8 Å². The van der Waals surface area contributed by atoms with E-state index in [1.807, 2.05) is 0 Å². The van der Waals surface area contributed by atoms with Crippen LogP contribution in [0.1, 0.15) is 46.5 Å². The second-order valence-corrected chi connectivity index (χ2v) is 5.93. The number of anilines is 2. The zero-order valence-electron chi connectivity index (χ0n) is 12.6. The van der Waals surface area contributed by atoms with E-state index in [0.29, 0.717) is 23.7 Å². The van der Waals surface area contributed by atoms with Gasteiger partial charge in [-0.3, -0.25) is 0 Å². The lowest BCUT2D eigenvalue weighted by atomic mass is 9.79. The summed E-state index contributed by atoms with van der Waals surface area (Å²) in [4.78, 5) is 8.20. The van der Waals surface area contributed by atoms with Crippen molar-refractivity contribution in [3.63, 3.8) is 0 Å². The Morgan fingerprint density at radius 1 is 1.30 bits per heavy atom. The maximum Gasteiger partial charge on any atom is 0.224 e. The molecule has 1 heterocycles. The van der Waals surface area contributed by atoms with E-state index in [9.17, 15) is 4.39 Å². The molecule has 1 saturated carbocycles. The molecule has 3 atom stereocenters. The minimum Gasteiger partial charge on any atom is -0.365 e. The molecule has 0 radical (unpaired) electrons. The zero-order chi connectivity index (χ0) is 14.5. The number of halogens is 1. The highest BCUT2D eigenvalue weighted by molar-refractivity contribution is 5.41. The van der Waals surface area contributed by atoms with Crippen molar-refractivity contribution in [1.82, 2.24) is 9.97 Å². The molecule has 0 saturated heterocycles. The van der Waals surface area contributed by atoms with E-state index in [1.54, 1.807) is 0 Å². The standard InChI is InChI=1S/C15H25FN4/c1-4-7-17-15-18-9-13(16)14(20-15)19-12-6-5-10(2)11(3)8-12/h9-12H,4-8H2,1-3H3,(H2,17,18,19,20). The van der Waals surface area contributed by atoms with Gasteiger partial charge >= 0.3 is 0 Å². The monoisotopic (exact) mass is 280 g/mol. The fraction of sp³-hybridized carbons (Fsp3) is 0.733. The van der Waals surface area contributed by atoms with Crippen LogP contribution in [0.2, 0.25) is 0 Å². The lowest BCUT2D eigenvalue weighted by Gasteiger charge is -2.32. The number of hydrogen-bond acceptors (Lipinski definition) is 4. The summed E-state index contributed by atoms with van der Waals surface area (Å²) in [5.74, 6) is 1.87. The fourth-order valence-corrected chi connectivity index (χ4v) is 2.66. The molecule has 0 amide bonds. The zero-order valence-corrected chi connectivity index (χ0v) is 12.6. The molecular formula is C15H25FN4. The predicted molar refractivity (Wildman–Crippen MR) is 80.4 cm³/mol. The summed E-state index contributed by atoms with van der Waals surface area (Å²) in [6.07, 6.45) is 5.56. The molecule has 1 aromatic rings. The molecule has 1 aliphatic rings. The van der Waals surface area contributed by atoms with Crippen molar-refractivity contribution in [2.45, 2.75) is 52.5 Å². The van der Waals surface area contributed by atoms with Gasteiger partial charge in [-0.05, 0) is 37.5 Å². The van der Waals surface area contributed by atoms with Crippen LogP contribution in [0.5, 0.6) is 0 Å². The molecule has 20 heavy (non-hydrogen) atoms. The van der Waals surface area contributed by atoms with E-state index in [2.05, 4.69) is 41.4 Å². The van der Waals surface area contributed by atoms with Crippen molar-refractivity contribution < 1.29 is 4.39 Å². The smallest absolute Gasteiger partial charge is 0.224 e. The SMILES string of the molecule is CCCNc1ncc(F)c(NC2CCC(C)C(C)C2)n1. The van der Waals surface area contributed by atoms with Crippen LogP contribution >= 0.6 is 0 Å². The fourth-order valence-electron chi connectivity index (χ4n) is 2.66. The molecule has 5 heteroatoms. The highest BCUT2D eigenvalue weighted by atomic mass is 19.1. The molecule has 1 fully saturated rings. The minimum absolute atomic E-state index is 0.310. The predicted octanol–water partition coefficient (Wildman–Crippen LogP) is 3.67. The maximum absolute atomic E-state index is 13.8. The summed E-state index contributed by atoms with van der Waals surface area (Å²) >= 11 is 0. The Morgan fingerprint density at radius 3 is 2.80 bits per heavy atom. The molecule has 2 N–H and O–H groups in total. The Balaban J connectivity index is 2.01. The van der Waals surface area contributed by atoms with Gasteiger partial charge in [-0.2, -0.15) is 4.98 Å². The number of nitrogens with one attached hydrogen (secondary N) is 2. The minimum atomic E-state index is -0.377. The molecular weight excluding hydrogens is 255 g/mol. The van der Waals surface area contributed by atoms with Crippen LogP contribution in [0.4, 0.5) is 16.2 Å². The molecule has 0 bridgehead atoms. The molecule has 2 rings (SSSR count). The van der Waals surface area contributed by atoms with Gasteiger partial charge in [0.25, 0.3) is 0 Å². The maximum atomic E-state index is 13.8. The van der Waals surface area contributed by atoms with Crippen molar-refractivity contribution in [3.05, 3.63) is 12.0 Å². The number of hydrogen-bond donors (Lipinski definition) is 2. The highest BCUT2D eigenvalue weighted by Gasteiger charge is 2.25. The van der Waals surface area contributed by atoms with Crippen molar-refractivity contribution in [3.8, 4) is 0 Å². The topological polar surface area (TPSA) is 49.8 Å². The van der Waals surface area contributed by atoms with E-state index in [0.717, 1.165) is 31.7 Å². The first-order valence-corrected chi connectivity index (χ1v) is 7.63. The molecule has 0 aromatic carbocycles. The Bertz CT molecular complexity index is 438. The van der Waals surface area contributed by atoms with E-state index < -0.39 is 0 Å². The third-order valence-corrected chi connectivity index (χ3v) is 4.22. The Kier molecular flexibility index (Phi) is 5.15. The summed E-state index contributed by atoms with van der Waals surface area (Å²) in [5, 5.41) is 6.34. The molecule has 3 unspecified atom stereocenters. The Morgan fingerprint density at radius 2 is 2.10 bits per heavy atom. The number of rotatable bonds is 5. The normalized spacial score (nSPS) is 26.3. The quantitative estimate of drug-likeness (QED) is 0.864. The van der Waals surface area contributed by atoms with Gasteiger partial charge in [0.2, 0.25) is 5.95 Å². The van der Waals surface area contributed by atoms with Gasteiger partial charge in [-0.25, -0.2) is 9.37 Å². The van der Waals surface area contributed by atoms with Crippen LogP contribution < -0.4 is 10.6 Å². The summed E-state index contributed by atoms with van der Waals surface area (Å²) in [7, 11) is 0. The molecule has 0 aliphatic heterocycles. The molecule has 1 aromatic heterocycles. The summed E-state index contributed by atoms with van der Waals surface area (Å²) < 4.78 is 13.8. The first-order chi connectivity index (χ1) is 9.60. The summed E-state index contributed by atoms with van der Waals surface area (Å²) in [6, 6.07) is 0.310. The first kappa shape index (κ1) is 15.0. The number of aromatic nitrogens is 2. The van der Waals surface area contributed by atoms with Gasteiger partial charge in [0.05, 0.1) is 6.20 Å². The average molecular weight is 280 g/mol. The van der Waals surface area contributed by atoms with Crippen LogP contribution in [-0.2, 0) is 0 Å². The second kappa shape index (κ2) is 6.86. The van der Waals surface area contributed by atoms with Crippen molar-refractivity contribution in [2.75, 3.05) is 17.2 Å². The molecule has 1 aliphatic carbocycles. The number of nitrogens with zero attached hydrogens (tertiary/aromatic N) is 2. The largest absolute Gasteiger partial charge is 0.365 e. The Labute approximate surface area is 120 Å². The third-order valence-electron chi connectivity index (χ3n) is 4.22. The van der Waals surface area contributed by atoms with Crippen LogP contribution in [0.15, 0.2) is 6.20 Å². The van der Waals surface area contributed by atoms with Crippen LogP contribution in [0, 0.1) is 17.7 Å². The summed E-state index contributed by atoms with van der Waals surface area (Å²) in [6.45, 7) is 7.42. The average Bonchev–Trinajstić information content (AvgIpc) is 2.44. The van der Waals surface area contributed by atoms with E-state index in [-0.39, 0.29) is 5.82 Å². The highest BCUT2D eigenvalue weighted by Crippen LogP contribution is 2.31. The second-order valence-electron chi connectivity index (χ2n) is 5.93. The van der Waals surface area contributed by atoms with Crippen LogP contribution in [0.25, 0.3) is 0 Å². The summed E-state index contributed by atoms with van der Waals surface area (Å²) in [5.41, 5.74) is 0. The lowest BCUT2D eigenvalue weighted by molar-refractivity contribution is 0.260. The van der Waals surface area contributed by atoms with Crippen molar-refractivity contribution in [1.29, 1.82) is 0 Å². The van der Waals surface area contributed by atoms with Crippen molar-refractivity contribution >= 4 is 11.8 Å². The van der Waals surface area contributed by atoms with Gasteiger partial charge in [0, 0.05) is 12.6 Å². The van der Waals surface area contributed by atoms with Gasteiger partial charge < -0.3 is 10.6 Å². The van der Waals surface area contributed by atoms with E-state index in [1.165, 1.54) is 12.6 Å². The first-order valence-electron chi connectivity index (χ1n) is 7.63. The van der Waals surface area contributed by atoms with Gasteiger partial charge in [-0.15, -0.1) is 0 Å². The third kappa shape index (κ3) is 3.81. The molecule has 4 nitrogen and oxygen atoms in total. The van der Waals surface area contributed by atoms with Crippen LogP contribution in [-0.4, -0.2) is 22.6 Å². The van der Waals surface area contributed by atoms with E-state index >= 15 is 0 Å². The Hall–Kier alpha value is -1.39.